The molecule has 0 aromatic heterocycles. The zero-order valence-electron chi connectivity index (χ0n) is 6.51. The molecule has 3 nitrogen and oxygen atoms in total. The first kappa shape index (κ1) is 9.88. The Balaban J connectivity index is 2.89. The molecule has 0 saturated carbocycles. The number of nitrogens with one attached hydrogen (secondary N) is 1. The van der Waals surface area contributed by atoms with Gasteiger partial charge < -0.3 is 15.5 Å². The summed E-state index contributed by atoms with van der Waals surface area (Å²) in [6.07, 6.45) is 1.31. The number of aliphatic hydroxyl groups is 2. The summed E-state index contributed by atoms with van der Waals surface area (Å²) < 4.78 is 0. The van der Waals surface area contributed by atoms with E-state index >= 15 is 0 Å². The Bertz CT molecular complexity index is 68.6. The molecule has 1 atom stereocenters. The van der Waals surface area contributed by atoms with E-state index in [9.17, 15) is 0 Å². The standard InChI is InChI=1S/C7H17NO2/c1-2-7(10)6-8-4-3-5-9/h7-10H,2-6H2,1H3/t7-/m0/s1. The Morgan fingerprint density at radius 2 is 2.20 bits per heavy atom. The van der Waals surface area contributed by atoms with Crippen LogP contribution in [0, 0.1) is 0 Å². The SMILES string of the molecule is CC[C@H](O)CNCCCO. The molecular formula is C7H17NO2. The summed E-state index contributed by atoms with van der Waals surface area (Å²) in [5.41, 5.74) is 0. The van der Waals surface area contributed by atoms with Crippen molar-refractivity contribution in [3.8, 4) is 0 Å². The van der Waals surface area contributed by atoms with E-state index < -0.39 is 0 Å². The summed E-state index contributed by atoms with van der Waals surface area (Å²) in [4.78, 5) is 0. The molecule has 0 saturated heterocycles. The summed E-state index contributed by atoms with van der Waals surface area (Å²) in [7, 11) is 0. The molecule has 0 heterocycles. The molecule has 0 fully saturated rings. The van der Waals surface area contributed by atoms with Crippen molar-refractivity contribution >= 4 is 0 Å². The van der Waals surface area contributed by atoms with Gasteiger partial charge in [0.15, 0.2) is 0 Å². The molecule has 0 amide bonds. The molecule has 0 aliphatic rings. The molecule has 3 heteroatoms. The van der Waals surface area contributed by atoms with Gasteiger partial charge in [-0.25, -0.2) is 0 Å². The molecule has 10 heavy (non-hydrogen) atoms. The van der Waals surface area contributed by atoms with E-state index in [-0.39, 0.29) is 12.7 Å². The minimum atomic E-state index is -0.237. The number of rotatable bonds is 6. The number of hydrogen-bond donors (Lipinski definition) is 3. The van der Waals surface area contributed by atoms with Crippen molar-refractivity contribution in [3.05, 3.63) is 0 Å². The lowest BCUT2D eigenvalue weighted by atomic mass is 10.3. The highest BCUT2D eigenvalue weighted by molar-refractivity contribution is 4.55. The quantitative estimate of drug-likeness (QED) is 0.453. The fourth-order valence-electron chi connectivity index (χ4n) is 0.617. The molecule has 3 N–H and O–H groups in total. The van der Waals surface area contributed by atoms with Gasteiger partial charge in [-0.05, 0) is 19.4 Å². The molecule has 62 valence electrons. The Hall–Kier alpha value is -0.120. The van der Waals surface area contributed by atoms with Crippen LogP contribution >= 0.6 is 0 Å². The molecule has 0 radical (unpaired) electrons. The zero-order valence-corrected chi connectivity index (χ0v) is 6.51. The largest absolute Gasteiger partial charge is 0.396 e. The molecule has 0 aliphatic heterocycles. The van der Waals surface area contributed by atoms with Crippen molar-refractivity contribution < 1.29 is 10.2 Å². The van der Waals surface area contributed by atoms with Gasteiger partial charge in [-0.15, -0.1) is 0 Å². The second kappa shape index (κ2) is 6.99. The van der Waals surface area contributed by atoms with Crippen molar-refractivity contribution in [2.75, 3.05) is 19.7 Å². The Morgan fingerprint density at radius 3 is 2.70 bits per heavy atom. The number of aliphatic hydroxyl groups excluding tert-OH is 2. The Morgan fingerprint density at radius 1 is 1.50 bits per heavy atom. The second-order valence-electron chi connectivity index (χ2n) is 2.34. The maximum Gasteiger partial charge on any atom is 0.0662 e. The molecule has 0 rings (SSSR count). The molecule has 0 spiro atoms. The second-order valence-corrected chi connectivity index (χ2v) is 2.34. The number of hydrogen-bond acceptors (Lipinski definition) is 3. The first-order valence-electron chi connectivity index (χ1n) is 3.81. The predicted octanol–water partition coefficient (Wildman–Crippen LogP) is -0.271. The van der Waals surface area contributed by atoms with Crippen LogP contribution in [0.4, 0.5) is 0 Å². The van der Waals surface area contributed by atoms with Crippen molar-refractivity contribution in [2.24, 2.45) is 0 Å². The Labute approximate surface area is 62.1 Å². The van der Waals surface area contributed by atoms with Gasteiger partial charge in [-0.1, -0.05) is 6.92 Å². The highest BCUT2D eigenvalue weighted by atomic mass is 16.3. The molecule has 0 aliphatic carbocycles. The average molecular weight is 147 g/mol. The Kier molecular flexibility index (Phi) is 6.91. The summed E-state index contributed by atoms with van der Waals surface area (Å²) >= 11 is 0. The van der Waals surface area contributed by atoms with E-state index in [0.717, 1.165) is 19.4 Å². The van der Waals surface area contributed by atoms with E-state index in [0.29, 0.717) is 6.54 Å². The van der Waals surface area contributed by atoms with Crippen LogP contribution in [-0.2, 0) is 0 Å². The van der Waals surface area contributed by atoms with Crippen LogP contribution in [0.25, 0.3) is 0 Å². The maximum atomic E-state index is 9.03. The van der Waals surface area contributed by atoms with E-state index in [1.807, 2.05) is 6.92 Å². The first-order chi connectivity index (χ1) is 4.81. The topological polar surface area (TPSA) is 52.5 Å². The minimum absolute atomic E-state index is 0.217. The minimum Gasteiger partial charge on any atom is -0.396 e. The van der Waals surface area contributed by atoms with Gasteiger partial charge >= 0.3 is 0 Å². The van der Waals surface area contributed by atoms with Gasteiger partial charge in [0.05, 0.1) is 6.10 Å². The average Bonchev–Trinajstić information content (AvgIpc) is 1.98. The summed E-state index contributed by atoms with van der Waals surface area (Å²) in [5, 5.41) is 20.4. The van der Waals surface area contributed by atoms with Crippen LogP contribution in [0.2, 0.25) is 0 Å². The molecule has 0 unspecified atom stereocenters. The molecular weight excluding hydrogens is 130 g/mol. The molecule has 0 aromatic carbocycles. The lowest BCUT2D eigenvalue weighted by Gasteiger charge is -2.07. The van der Waals surface area contributed by atoms with E-state index in [1.165, 1.54) is 0 Å². The van der Waals surface area contributed by atoms with Gasteiger partial charge in [0.2, 0.25) is 0 Å². The molecule has 0 aromatic rings. The van der Waals surface area contributed by atoms with Gasteiger partial charge in [0.25, 0.3) is 0 Å². The van der Waals surface area contributed by atoms with E-state index in [2.05, 4.69) is 5.32 Å². The highest BCUT2D eigenvalue weighted by Gasteiger charge is 1.97. The predicted molar refractivity (Wildman–Crippen MR) is 40.9 cm³/mol. The van der Waals surface area contributed by atoms with Gasteiger partial charge in [-0.3, -0.25) is 0 Å². The monoisotopic (exact) mass is 147 g/mol. The van der Waals surface area contributed by atoms with Crippen LogP contribution in [0.3, 0.4) is 0 Å². The van der Waals surface area contributed by atoms with Crippen LogP contribution in [-0.4, -0.2) is 36.0 Å². The molecule has 0 bridgehead atoms. The lowest BCUT2D eigenvalue weighted by molar-refractivity contribution is 0.166. The highest BCUT2D eigenvalue weighted by Crippen LogP contribution is 1.85. The van der Waals surface area contributed by atoms with Crippen LogP contribution in [0.1, 0.15) is 19.8 Å². The van der Waals surface area contributed by atoms with E-state index in [1.54, 1.807) is 0 Å². The maximum absolute atomic E-state index is 9.03. The van der Waals surface area contributed by atoms with Gasteiger partial charge in [-0.2, -0.15) is 0 Å². The van der Waals surface area contributed by atoms with Crippen LogP contribution in [0.5, 0.6) is 0 Å². The lowest BCUT2D eigenvalue weighted by Crippen LogP contribution is -2.27. The van der Waals surface area contributed by atoms with Crippen molar-refractivity contribution in [1.29, 1.82) is 0 Å². The zero-order chi connectivity index (χ0) is 7.82. The third-order valence-electron chi connectivity index (χ3n) is 1.36. The van der Waals surface area contributed by atoms with Gasteiger partial charge in [0, 0.05) is 13.2 Å². The van der Waals surface area contributed by atoms with Crippen LogP contribution < -0.4 is 5.32 Å². The fraction of sp³-hybridized carbons (Fsp3) is 1.00. The fourth-order valence-corrected chi connectivity index (χ4v) is 0.617. The smallest absolute Gasteiger partial charge is 0.0662 e. The van der Waals surface area contributed by atoms with E-state index in [4.69, 9.17) is 10.2 Å². The summed E-state index contributed by atoms with van der Waals surface area (Å²) in [6.45, 7) is 3.58. The van der Waals surface area contributed by atoms with Crippen molar-refractivity contribution in [1.82, 2.24) is 5.32 Å². The van der Waals surface area contributed by atoms with Crippen molar-refractivity contribution in [2.45, 2.75) is 25.9 Å². The summed E-state index contributed by atoms with van der Waals surface area (Å²) in [5.74, 6) is 0. The third kappa shape index (κ3) is 6.01. The van der Waals surface area contributed by atoms with Crippen molar-refractivity contribution in [3.63, 3.8) is 0 Å². The third-order valence-corrected chi connectivity index (χ3v) is 1.36. The van der Waals surface area contributed by atoms with Gasteiger partial charge in [0.1, 0.15) is 0 Å². The summed E-state index contributed by atoms with van der Waals surface area (Å²) in [6, 6.07) is 0. The van der Waals surface area contributed by atoms with Crippen LogP contribution in [0.15, 0.2) is 0 Å². The first-order valence-corrected chi connectivity index (χ1v) is 3.81. The normalized spacial score (nSPS) is 13.5.